The lowest BCUT2D eigenvalue weighted by Crippen LogP contribution is -2.05. The summed E-state index contributed by atoms with van der Waals surface area (Å²) in [6.45, 7) is 0. The SMILES string of the molecule is N#Cc1cc(F)c(F)cc1C(=O)CBr. The summed E-state index contributed by atoms with van der Waals surface area (Å²) < 4.78 is 25.4. The van der Waals surface area contributed by atoms with E-state index in [-0.39, 0.29) is 16.5 Å². The molecule has 1 aromatic carbocycles. The first-order valence-electron chi connectivity index (χ1n) is 3.58. The van der Waals surface area contributed by atoms with Crippen LogP contribution in [0.1, 0.15) is 15.9 Å². The molecule has 0 bridgehead atoms. The summed E-state index contributed by atoms with van der Waals surface area (Å²) in [4.78, 5) is 11.2. The Balaban J connectivity index is 3.36. The Morgan fingerprint density at radius 2 is 2.00 bits per heavy atom. The molecule has 1 rings (SSSR count). The van der Waals surface area contributed by atoms with Crippen molar-refractivity contribution in [2.75, 3.05) is 5.33 Å². The van der Waals surface area contributed by atoms with Crippen molar-refractivity contribution in [3.8, 4) is 6.07 Å². The van der Waals surface area contributed by atoms with Gasteiger partial charge in [0.1, 0.15) is 0 Å². The lowest BCUT2D eigenvalue weighted by molar-refractivity contribution is 0.102. The summed E-state index contributed by atoms with van der Waals surface area (Å²) in [5.41, 5.74) is -0.267. The number of hydrogen-bond acceptors (Lipinski definition) is 2. The smallest absolute Gasteiger partial charge is 0.174 e. The number of halogens is 3. The Kier molecular flexibility index (Phi) is 3.31. The van der Waals surface area contributed by atoms with Gasteiger partial charge < -0.3 is 0 Å². The van der Waals surface area contributed by atoms with Crippen molar-refractivity contribution < 1.29 is 13.6 Å². The molecule has 0 atom stereocenters. The highest BCUT2D eigenvalue weighted by Crippen LogP contribution is 2.15. The van der Waals surface area contributed by atoms with Gasteiger partial charge in [0.2, 0.25) is 0 Å². The summed E-state index contributed by atoms with van der Waals surface area (Å²) >= 11 is 2.88. The highest BCUT2D eigenvalue weighted by molar-refractivity contribution is 9.09. The van der Waals surface area contributed by atoms with E-state index in [2.05, 4.69) is 15.9 Å². The van der Waals surface area contributed by atoms with E-state index in [0.717, 1.165) is 6.07 Å². The third-order valence-electron chi connectivity index (χ3n) is 1.60. The van der Waals surface area contributed by atoms with Crippen molar-refractivity contribution in [3.63, 3.8) is 0 Å². The van der Waals surface area contributed by atoms with E-state index in [1.165, 1.54) is 0 Å². The quantitative estimate of drug-likeness (QED) is 0.605. The zero-order valence-electron chi connectivity index (χ0n) is 6.85. The van der Waals surface area contributed by atoms with Crippen LogP contribution in [-0.4, -0.2) is 11.1 Å². The van der Waals surface area contributed by atoms with Gasteiger partial charge in [-0.3, -0.25) is 4.79 Å². The zero-order valence-corrected chi connectivity index (χ0v) is 8.44. The van der Waals surface area contributed by atoms with Gasteiger partial charge in [0.05, 0.1) is 17.0 Å². The molecular formula is C9H4BrF2NO. The summed E-state index contributed by atoms with van der Waals surface area (Å²) in [7, 11) is 0. The molecule has 0 aliphatic carbocycles. The molecule has 0 radical (unpaired) electrons. The first kappa shape index (κ1) is 10.8. The summed E-state index contributed by atoms with van der Waals surface area (Å²) in [6, 6.07) is 3.08. The van der Waals surface area contributed by atoms with Gasteiger partial charge in [0, 0.05) is 5.56 Å². The largest absolute Gasteiger partial charge is 0.293 e. The number of nitrogens with zero attached hydrogens (tertiary/aromatic N) is 1. The molecular weight excluding hydrogens is 256 g/mol. The number of Topliss-reactive ketones (excluding diaryl/α,β-unsaturated/α-hetero) is 1. The maximum Gasteiger partial charge on any atom is 0.174 e. The van der Waals surface area contributed by atoms with Gasteiger partial charge >= 0.3 is 0 Å². The second kappa shape index (κ2) is 4.29. The highest BCUT2D eigenvalue weighted by atomic mass is 79.9. The van der Waals surface area contributed by atoms with Crippen LogP contribution in [0.2, 0.25) is 0 Å². The fraction of sp³-hybridized carbons (Fsp3) is 0.111. The van der Waals surface area contributed by atoms with E-state index in [1.54, 1.807) is 6.07 Å². The average molecular weight is 260 g/mol. The number of rotatable bonds is 2. The van der Waals surface area contributed by atoms with Crippen LogP contribution >= 0.6 is 15.9 Å². The van der Waals surface area contributed by atoms with Crippen molar-refractivity contribution in [1.29, 1.82) is 5.26 Å². The molecule has 0 saturated carbocycles. The van der Waals surface area contributed by atoms with Crippen molar-refractivity contribution in [2.45, 2.75) is 0 Å². The van der Waals surface area contributed by atoms with Gasteiger partial charge in [0.15, 0.2) is 17.4 Å². The minimum Gasteiger partial charge on any atom is -0.293 e. The van der Waals surface area contributed by atoms with Crippen LogP contribution in [0, 0.1) is 23.0 Å². The molecule has 0 amide bonds. The Bertz CT molecular complexity index is 426. The first-order valence-corrected chi connectivity index (χ1v) is 4.70. The molecule has 14 heavy (non-hydrogen) atoms. The third-order valence-corrected chi connectivity index (χ3v) is 2.11. The number of benzene rings is 1. The molecule has 0 aliphatic heterocycles. The van der Waals surface area contributed by atoms with E-state index in [4.69, 9.17) is 5.26 Å². The number of hydrogen-bond donors (Lipinski definition) is 0. The molecule has 0 aliphatic rings. The van der Waals surface area contributed by atoms with E-state index in [0.29, 0.717) is 6.07 Å². The lowest BCUT2D eigenvalue weighted by Gasteiger charge is -2.01. The van der Waals surface area contributed by atoms with E-state index >= 15 is 0 Å². The Morgan fingerprint density at radius 3 is 2.50 bits per heavy atom. The zero-order chi connectivity index (χ0) is 10.7. The fourth-order valence-electron chi connectivity index (χ4n) is 0.942. The minimum atomic E-state index is -1.13. The van der Waals surface area contributed by atoms with Gasteiger partial charge in [-0.15, -0.1) is 0 Å². The molecule has 0 unspecified atom stereocenters. The Labute approximate surface area is 87.3 Å². The van der Waals surface area contributed by atoms with Gasteiger partial charge in [-0.05, 0) is 12.1 Å². The van der Waals surface area contributed by atoms with Crippen LogP contribution < -0.4 is 0 Å². The lowest BCUT2D eigenvalue weighted by atomic mass is 10.1. The molecule has 0 N–H and O–H groups in total. The number of carbonyl (C=O) groups is 1. The molecule has 0 spiro atoms. The number of ketones is 1. The van der Waals surface area contributed by atoms with Crippen LogP contribution in [-0.2, 0) is 0 Å². The molecule has 5 heteroatoms. The Morgan fingerprint density at radius 1 is 1.43 bits per heavy atom. The van der Waals surface area contributed by atoms with Crippen molar-refractivity contribution in [3.05, 3.63) is 34.9 Å². The normalized spacial score (nSPS) is 9.57. The highest BCUT2D eigenvalue weighted by Gasteiger charge is 2.14. The van der Waals surface area contributed by atoms with Crippen LogP contribution in [0.3, 0.4) is 0 Å². The first-order chi connectivity index (χ1) is 6.60. The van der Waals surface area contributed by atoms with Crippen LogP contribution in [0.25, 0.3) is 0 Å². The van der Waals surface area contributed by atoms with Crippen molar-refractivity contribution in [2.24, 2.45) is 0 Å². The molecule has 0 aromatic heterocycles. The molecule has 1 aromatic rings. The topological polar surface area (TPSA) is 40.9 Å². The molecule has 2 nitrogen and oxygen atoms in total. The summed E-state index contributed by atoms with van der Waals surface area (Å²) in [6.07, 6.45) is 0. The maximum atomic E-state index is 12.7. The molecule has 0 saturated heterocycles. The summed E-state index contributed by atoms with van der Waals surface area (Å²) in [5.74, 6) is -2.72. The molecule has 72 valence electrons. The second-order valence-electron chi connectivity index (χ2n) is 2.48. The monoisotopic (exact) mass is 259 g/mol. The van der Waals surface area contributed by atoms with Gasteiger partial charge in [-0.1, -0.05) is 15.9 Å². The maximum absolute atomic E-state index is 12.7. The van der Waals surface area contributed by atoms with Gasteiger partial charge in [0.25, 0.3) is 0 Å². The predicted molar refractivity (Wildman–Crippen MR) is 49.2 cm³/mol. The fourth-order valence-corrected chi connectivity index (χ4v) is 1.24. The number of nitriles is 1. The van der Waals surface area contributed by atoms with Crippen LogP contribution in [0.15, 0.2) is 12.1 Å². The van der Waals surface area contributed by atoms with E-state index < -0.39 is 17.4 Å². The Hall–Kier alpha value is -1.28. The number of alkyl halides is 1. The van der Waals surface area contributed by atoms with E-state index in [9.17, 15) is 13.6 Å². The molecule has 0 fully saturated rings. The minimum absolute atomic E-state index is 0.0350. The number of carbonyl (C=O) groups excluding carboxylic acids is 1. The average Bonchev–Trinajstić information content (AvgIpc) is 2.20. The van der Waals surface area contributed by atoms with Crippen molar-refractivity contribution >= 4 is 21.7 Å². The van der Waals surface area contributed by atoms with Crippen molar-refractivity contribution in [1.82, 2.24) is 0 Å². The molecule has 0 heterocycles. The predicted octanol–water partition coefficient (Wildman–Crippen LogP) is 2.41. The van der Waals surface area contributed by atoms with Gasteiger partial charge in [-0.2, -0.15) is 5.26 Å². The van der Waals surface area contributed by atoms with Gasteiger partial charge in [-0.25, -0.2) is 8.78 Å². The van der Waals surface area contributed by atoms with Crippen LogP contribution in [0.5, 0.6) is 0 Å². The van der Waals surface area contributed by atoms with E-state index in [1.807, 2.05) is 0 Å². The standard InChI is InChI=1S/C9H4BrF2NO/c10-3-9(14)6-2-8(12)7(11)1-5(6)4-13/h1-2H,3H2. The van der Waals surface area contributed by atoms with Crippen LogP contribution in [0.4, 0.5) is 8.78 Å². The third kappa shape index (κ3) is 1.96. The summed E-state index contributed by atoms with van der Waals surface area (Å²) in [5, 5.41) is 8.54. The second-order valence-corrected chi connectivity index (χ2v) is 3.04.